The molecule has 2 aliphatic rings. The van der Waals surface area contributed by atoms with Crippen molar-refractivity contribution < 1.29 is 0 Å². The summed E-state index contributed by atoms with van der Waals surface area (Å²) in [4.78, 5) is 0. The van der Waals surface area contributed by atoms with Gasteiger partial charge in [0, 0.05) is 0 Å². The van der Waals surface area contributed by atoms with Gasteiger partial charge in [-0.3, -0.25) is 0 Å². The molecule has 0 aromatic heterocycles. The predicted octanol–water partition coefficient (Wildman–Crippen LogP) is 5.96. The average molecular weight is 284 g/mol. The van der Waals surface area contributed by atoms with Crippen LogP contribution in [0.5, 0.6) is 0 Å². The summed E-state index contributed by atoms with van der Waals surface area (Å²) in [7, 11) is 0. The maximum Gasteiger partial charge on any atom is -0.0247 e. The lowest BCUT2D eigenvalue weighted by Gasteiger charge is -2.32. The van der Waals surface area contributed by atoms with Crippen molar-refractivity contribution in [3.8, 4) is 0 Å². The van der Waals surface area contributed by atoms with E-state index in [2.05, 4.69) is 32.0 Å². The van der Waals surface area contributed by atoms with E-state index in [1.54, 1.807) is 11.1 Å². The summed E-state index contributed by atoms with van der Waals surface area (Å²) in [6.07, 6.45) is 14.2. The summed E-state index contributed by atoms with van der Waals surface area (Å²) < 4.78 is 0. The Hall–Kier alpha value is -0.780. The minimum absolute atomic E-state index is 0.966. The first kappa shape index (κ1) is 15.1. The van der Waals surface area contributed by atoms with Gasteiger partial charge in [-0.15, -0.1) is 0 Å². The number of hydrogen-bond donors (Lipinski definition) is 0. The van der Waals surface area contributed by atoms with Gasteiger partial charge in [0.1, 0.15) is 0 Å². The Morgan fingerprint density at radius 3 is 2.33 bits per heavy atom. The average Bonchev–Trinajstić information content (AvgIpc) is 2.55. The first-order valence-electron chi connectivity index (χ1n) is 9.39. The van der Waals surface area contributed by atoms with E-state index >= 15 is 0 Å². The quantitative estimate of drug-likeness (QED) is 0.640. The third-order valence-electron chi connectivity index (χ3n) is 6.22. The van der Waals surface area contributed by atoms with E-state index in [-0.39, 0.29) is 0 Å². The van der Waals surface area contributed by atoms with E-state index in [0.29, 0.717) is 0 Å². The lowest BCUT2D eigenvalue weighted by Crippen LogP contribution is -2.21. The van der Waals surface area contributed by atoms with E-state index < -0.39 is 0 Å². The second-order valence-corrected chi connectivity index (χ2v) is 7.60. The number of hydrogen-bond acceptors (Lipinski definition) is 0. The molecule has 0 radical (unpaired) electrons. The van der Waals surface area contributed by atoms with Gasteiger partial charge < -0.3 is 0 Å². The Morgan fingerprint density at radius 1 is 0.857 bits per heavy atom. The Labute approximate surface area is 131 Å². The highest BCUT2D eigenvalue weighted by molar-refractivity contribution is 5.34. The first-order chi connectivity index (χ1) is 10.3. The molecule has 3 rings (SSSR count). The second-order valence-electron chi connectivity index (χ2n) is 7.60. The highest BCUT2D eigenvalue weighted by atomic mass is 14.3. The van der Waals surface area contributed by atoms with Crippen molar-refractivity contribution in [2.45, 2.75) is 78.1 Å². The summed E-state index contributed by atoms with van der Waals surface area (Å²) in [5.74, 6) is 3.04. The molecular formula is C21H32. The Kier molecular flexibility index (Phi) is 5.03. The zero-order valence-corrected chi connectivity index (χ0v) is 14.0. The second kappa shape index (κ2) is 6.99. The van der Waals surface area contributed by atoms with E-state index in [9.17, 15) is 0 Å². The molecule has 0 bridgehead atoms. The number of fused-ring (bicyclic) bond motifs is 1. The monoisotopic (exact) mass is 284 g/mol. The molecule has 0 saturated heterocycles. The molecule has 1 aromatic rings. The smallest absolute Gasteiger partial charge is 0.0247 e. The van der Waals surface area contributed by atoms with Crippen LogP contribution in [-0.4, -0.2) is 0 Å². The molecule has 1 atom stereocenters. The van der Waals surface area contributed by atoms with Crippen molar-refractivity contribution in [2.75, 3.05) is 0 Å². The van der Waals surface area contributed by atoms with Gasteiger partial charge in [-0.1, -0.05) is 64.2 Å². The normalized spacial score (nSPS) is 29.1. The Morgan fingerprint density at radius 2 is 1.62 bits per heavy atom. The van der Waals surface area contributed by atoms with Crippen molar-refractivity contribution in [1.29, 1.82) is 0 Å². The van der Waals surface area contributed by atoms with Gasteiger partial charge >= 0.3 is 0 Å². The fourth-order valence-electron chi connectivity index (χ4n) is 4.65. The molecule has 0 amide bonds. The SMILES string of the molecule is CCc1ccc2c(c1)CCC(CC1CCC(CC)CC1)C2. The van der Waals surface area contributed by atoms with Gasteiger partial charge in [0.15, 0.2) is 0 Å². The van der Waals surface area contributed by atoms with Gasteiger partial charge in [-0.25, -0.2) is 0 Å². The van der Waals surface area contributed by atoms with Crippen LogP contribution in [0.15, 0.2) is 18.2 Å². The lowest BCUT2D eigenvalue weighted by molar-refractivity contribution is 0.224. The van der Waals surface area contributed by atoms with Crippen LogP contribution in [0.25, 0.3) is 0 Å². The van der Waals surface area contributed by atoms with Crippen LogP contribution in [0.3, 0.4) is 0 Å². The fourth-order valence-corrected chi connectivity index (χ4v) is 4.65. The number of rotatable bonds is 4. The van der Waals surface area contributed by atoms with Crippen LogP contribution in [-0.2, 0) is 19.3 Å². The first-order valence-corrected chi connectivity index (χ1v) is 9.39. The van der Waals surface area contributed by atoms with Crippen LogP contribution >= 0.6 is 0 Å². The number of aryl methyl sites for hydroxylation is 2. The molecule has 1 saturated carbocycles. The minimum atomic E-state index is 0.966. The zero-order chi connectivity index (χ0) is 14.7. The summed E-state index contributed by atoms with van der Waals surface area (Å²) in [6, 6.07) is 7.25. The third kappa shape index (κ3) is 3.71. The van der Waals surface area contributed by atoms with Gasteiger partial charge in [-0.05, 0) is 66.5 Å². The van der Waals surface area contributed by atoms with E-state index in [4.69, 9.17) is 0 Å². The van der Waals surface area contributed by atoms with Gasteiger partial charge in [0.05, 0.1) is 0 Å². The van der Waals surface area contributed by atoms with E-state index in [1.807, 2.05) is 0 Å². The topological polar surface area (TPSA) is 0 Å². The summed E-state index contributed by atoms with van der Waals surface area (Å²) >= 11 is 0. The van der Waals surface area contributed by atoms with Crippen LogP contribution in [0.4, 0.5) is 0 Å². The molecule has 0 nitrogen and oxygen atoms in total. The predicted molar refractivity (Wildman–Crippen MR) is 91.7 cm³/mol. The van der Waals surface area contributed by atoms with E-state index in [1.165, 1.54) is 69.8 Å². The molecule has 0 heterocycles. The third-order valence-corrected chi connectivity index (χ3v) is 6.22. The van der Waals surface area contributed by atoms with Gasteiger partial charge in [0.25, 0.3) is 0 Å². The summed E-state index contributed by atoms with van der Waals surface area (Å²) in [5.41, 5.74) is 4.83. The largest absolute Gasteiger partial charge is 0.0651 e. The highest BCUT2D eigenvalue weighted by Crippen LogP contribution is 2.37. The lowest BCUT2D eigenvalue weighted by atomic mass is 9.73. The van der Waals surface area contributed by atoms with Gasteiger partial charge in [0.2, 0.25) is 0 Å². The van der Waals surface area contributed by atoms with Gasteiger partial charge in [-0.2, -0.15) is 0 Å². The number of benzene rings is 1. The molecule has 2 aliphatic carbocycles. The highest BCUT2D eigenvalue weighted by Gasteiger charge is 2.25. The van der Waals surface area contributed by atoms with Crippen LogP contribution < -0.4 is 0 Å². The molecule has 1 aromatic carbocycles. The minimum Gasteiger partial charge on any atom is -0.0651 e. The van der Waals surface area contributed by atoms with Crippen LogP contribution in [0.2, 0.25) is 0 Å². The fraction of sp³-hybridized carbons (Fsp3) is 0.714. The van der Waals surface area contributed by atoms with Crippen molar-refractivity contribution in [2.24, 2.45) is 17.8 Å². The molecule has 0 spiro atoms. The molecule has 1 fully saturated rings. The van der Waals surface area contributed by atoms with Crippen molar-refractivity contribution in [3.05, 3.63) is 34.9 Å². The van der Waals surface area contributed by atoms with Crippen molar-refractivity contribution in [3.63, 3.8) is 0 Å². The van der Waals surface area contributed by atoms with Crippen LogP contribution in [0.1, 0.15) is 75.5 Å². The van der Waals surface area contributed by atoms with E-state index in [0.717, 1.165) is 17.8 Å². The molecule has 1 unspecified atom stereocenters. The molecular weight excluding hydrogens is 252 g/mol. The van der Waals surface area contributed by atoms with Crippen LogP contribution in [0, 0.1) is 17.8 Å². The summed E-state index contributed by atoms with van der Waals surface area (Å²) in [6.45, 7) is 4.63. The maximum absolute atomic E-state index is 2.47. The molecule has 21 heavy (non-hydrogen) atoms. The summed E-state index contributed by atoms with van der Waals surface area (Å²) in [5, 5.41) is 0. The molecule has 116 valence electrons. The zero-order valence-electron chi connectivity index (χ0n) is 14.0. The van der Waals surface area contributed by atoms with Crippen molar-refractivity contribution in [1.82, 2.24) is 0 Å². The molecule has 0 heteroatoms. The Bertz CT molecular complexity index is 451. The Balaban J connectivity index is 1.54. The van der Waals surface area contributed by atoms with Crippen molar-refractivity contribution >= 4 is 0 Å². The standard InChI is InChI=1S/C21H32/c1-3-16-5-7-18(8-6-16)13-19-10-12-20-14-17(4-2)9-11-21(20)15-19/h9,11,14,16,18-19H,3-8,10,12-13,15H2,1-2H3. The maximum atomic E-state index is 2.47. The molecule has 0 aliphatic heterocycles. The molecule has 0 N–H and O–H groups in total.